The number of hydrogen-bond donors (Lipinski definition) is 1. The summed E-state index contributed by atoms with van der Waals surface area (Å²) in [6.07, 6.45) is 1.44. The molecule has 0 fully saturated rings. The normalized spacial score (nSPS) is 11.1. The highest BCUT2D eigenvalue weighted by atomic mass is 35.5. The van der Waals surface area contributed by atoms with Gasteiger partial charge in [-0.3, -0.25) is 14.4 Å². The summed E-state index contributed by atoms with van der Waals surface area (Å²) in [5.41, 5.74) is 2.04. The highest BCUT2D eigenvalue weighted by Gasteiger charge is 2.29. The van der Waals surface area contributed by atoms with Crippen molar-refractivity contribution in [2.45, 2.75) is 4.90 Å². The van der Waals surface area contributed by atoms with Crippen molar-refractivity contribution in [1.82, 2.24) is 4.98 Å². The molecule has 0 radical (unpaired) electrons. The van der Waals surface area contributed by atoms with Gasteiger partial charge >= 0.3 is 0 Å². The zero-order valence-corrected chi connectivity index (χ0v) is 21.3. The van der Waals surface area contributed by atoms with Crippen LogP contribution in [0.3, 0.4) is 0 Å². The summed E-state index contributed by atoms with van der Waals surface area (Å²) in [6.45, 7) is 3.61. The van der Waals surface area contributed by atoms with Crippen LogP contribution in [0, 0.1) is 0 Å². The molecule has 4 rings (SSSR count). The number of hydrogen-bond acceptors (Lipinski definition) is 5. The van der Waals surface area contributed by atoms with Crippen molar-refractivity contribution < 1.29 is 13.2 Å². The number of aromatic nitrogens is 1. The molecule has 1 amide bonds. The Morgan fingerprint density at radius 3 is 2.46 bits per heavy atom. The van der Waals surface area contributed by atoms with Crippen LogP contribution in [0.15, 0.2) is 95.7 Å². The van der Waals surface area contributed by atoms with E-state index in [1.54, 1.807) is 24.3 Å². The van der Waals surface area contributed by atoms with Crippen LogP contribution in [0.5, 0.6) is 0 Å². The van der Waals surface area contributed by atoms with Crippen molar-refractivity contribution in [3.63, 3.8) is 0 Å². The molecule has 1 heterocycles. The van der Waals surface area contributed by atoms with E-state index in [2.05, 4.69) is 16.9 Å². The number of thiazole rings is 1. The number of carbonyl (C=O) groups is 1. The van der Waals surface area contributed by atoms with E-state index in [4.69, 9.17) is 23.2 Å². The molecular formula is C25H19Cl2N3O3S2. The second kappa shape index (κ2) is 10.6. The lowest BCUT2D eigenvalue weighted by atomic mass is 10.2. The predicted octanol–water partition coefficient (Wildman–Crippen LogP) is 6.75. The maximum absolute atomic E-state index is 13.6. The maximum atomic E-state index is 13.6. The zero-order valence-electron chi connectivity index (χ0n) is 18.2. The Morgan fingerprint density at radius 2 is 1.74 bits per heavy atom. The minimum Gasteiger partial charge on any atom is -0.298 e. The third-order valence-electron chi connectivity index (χ3n) is 4.97. The van der Waals surface area contributed by atoms with Gasteiger partial charge in [0.15, 0.2) is 5.13 Å². The Morgan fingerprint density at radius 1 is 1.03 bits per heavy atom. The predicted molar refractivity (Wildman–Crippen MR) is 143 cm³/mol. The summed E-state index contributed by atoms with van der Waals surface area (Å²) >= 11 is 13.8. The lowest BCUT2D eigenvalue weighted by Gasteiger charge is -2.24. The third-order valence-corrected chi connectivity index (χ3v) is 8.31. The number of carbonyl (C=O) groups excluding carboxylic acids is 1. The molecule has 0 unspecified atom stereocenters. The topological polar surface area (TPSA) is 79.4 Å². The van der Waals surface area contributed by atoms with Gasteiger partial charge in [0.1, 0.15) is 4.90 Å². The van der Waals surface area contributed by atoms with E-state index in [1.807, 2.05) is 35.7 Å². The molecule has 10 heteroatoms. The second-order valence-electron chi connectivity index (χ2n) is 7.28. The number of para-hydroxylation sites is 1. The fraction of sp³-hybridized carbons (Fsp3) is 0.0400. The molecule has 0 bridgehead atoms. The molecular weight excluding hydrogens is 525 g/mol. The highest BCUT2D eigenvalue weighted by molar-refractivity contribution is 7.93. The van der Waals surface area contributed by atoms with E-state index in [1.165, 1.54) is 35.6 Å². The minimum absolute atomic E-state index is 0.0247. The van der Waals surface area contributed by atoms with E-state index in [9.17, 15) is 13.2 Å². The lowest BCUT2D eigenvalue weighted by Crippen LogP contribution is -2.32. The Labute approximate surface area is 217 Å². The molecule has 0 aliphatic heterocycles. The molecule has 0 aliphatic carbocycles. The van der Waals surface area contributed by atoms with Crippen LogP contribution in [0.4, 0.5) is 10.8 Å². The molecule has 0 saturated heterocycles. The minimum atomic E-state index is -4.18. The summed E-state index contributed by atoms with van der Waals surface area (Å²) < 4.78 is 28.3. The van der Waals surface area contributed by atoms with Gasteiger partial charge < -0.3 is 0 Å². The summed E-state index contributed by atoms with van der Waals surface area (Å²) in [4.78, 5) is 17.2. The van der Waals surface area contributed by atoms with Gasteiger partial charge in [0.05, 0.1) is 28.0 Å². The van der Waals surface area contributed by atoms with Crippen LogP contribution in [-0.2, 0) is 10.0 Å². The molecule has 1 N–H and O–H groups in total. The van der Waals surface area contributed by atoms with E-state index < -0.39 is 15.9 Å². The standard InChI is InChI=1S/C25H19Cl2N3O3S2/c1-2-14-30(22-11-7-6-10-19(22)26)35(32,33)23-15-18(12-13-20(23)27)24(31)29-25-28-21(16-34-25)17-8-4-3-5-9-17/h2-13,15-16H,1,14H2,(H,28,29,31). The van der Waals surface area contributed by atoms with E-state index >= 15 is 0 Å². The summed E-state index contributed by atoms with van der Waals surface area (Å²) in [5.74, 6) is -0.514. The van der Waals surface area contributed by atoms with Crippen LogP contribution in [0.2, 0.25) is 10.0 Å². The van der Waals surface area contributed by atoms with E-state index in [0.29, 0.717) is 5.13 Å². The fourth-order valence-electron chi connectivity index (χ4n) is 3.30. The van der Waals surface area contributed by atoms with Crippen LogP contribution in [-0.4, -0.2) is 25.9 Å². The molecule has 35 heavy (non-hydrogen) atoms. The zero-order chi connectivity index (χ0) is 25.0. The van der Waals surface area contributed by atoms with Crippen molar-refractivity contribution in [1.29, 1.82) is 0 Å². The lowest BCUT2D eigenvalue weighted by molar-refractivity contribution is 0.102. The number of halogens is 2. The molecule has 3 aromatic carbocycles. The van der Waals surface area contributed by atoms with Gasteiger partial charge in [-0.15, -0.1) is 17.9 Å². The average Bonchev–Trinajstić information content (AvgIpc) is 3.32. The van der Waals surface area contributed by atoms with Gasteiger partial charge in [-0.1, -0.05) is 71.7 Å². The number of amides is 1. The average molecular weight is 544 g/mol. The summed E-state index contributed by atoms with van der Waals surface area (Å²) in [5, 5.41) is 5.17. The van der Waals surface area contributed by atoms with Gasteiger partial charge in [-0.25, -0.2) is 13.4 Å². The van der Waals surface area contributed by atoms with Crippen LogP contribution in [0.1, 0.15) is 10.4 Å². The second-order valence-corrected chi connectivity index (χ2v) is 10.8. The van der Waals surface area contributed by atoms with Crippen LogP contribution >= 0.6 is 34.5 Å². The van der Waals surface area contributed by atoms with Crippen molar-refractivity contribution in [2.75, 3.05) is 16.2 Å². The van der Waals surface area contributed by atoms with Gasteiger partial charge in [-0.2, -0.15) is 0 Å². The molecule has 0 saturated carbocycles. The molecule has 178 valence electrons. The van der Waals surface area contributed by atoms with Gasteiger partial charge in [0, 0.05) is 16.5 Å². The number of sulfonamides is 1. The third kappa shape index (κ3) is 5.41. The first-order valence-electron chi connectivity index (χ1n) is 10.3. The Bertz CT molecular complexity index is 1490. The fourth-order valence-corrected chi connectivity index (χ4v) is 6.26. The quantitative estimate of drug-likeness (QED) is 0.249. The smallest absolute Gasteiger partial charge is 0.266 e. The molecule has 1 aromatic heterocycles. The van der Waals surface area contributed by atoms with Crippen molar-refractivity contribution >= 4 is 61.3 Å². The maximum Gasteiger partial charge on any atom is 0.266 e. The van der Waals surface area contributed by atoms with Crippen molar-refractivity contribution in [3.05, 3.63) is 106 Å². The molecule has 0 aliphatic rings. The molecule has 4 aromatic rings. The first-order valence-corrected chi connectivity index (χ1v) is 13.4. The molecule has 0 atom stereocenters. The Hall–Kier alpha value is -3.17. The highest BCUT2D eigenvalue weighted by Crippen LogP contribution is 2.33. The monoisotopic (exact) mass is 543 g/mol. The van der Waals surface area contributed by atoms with Gasteiger partial charge in [0.25, 0.3) is 15.9 Å². The Kier molecular flexibility index (Phi) is 7.57. The van der Waals surface area contributed by atoms with E-state index in [-0.39, 0.29) is 32.7 Å². The SMILES string of the molecule is C=CCN(c1ccccc1Cl)S(=O)(=O)c1cc(C(=O)Nc2nc(-c3ccccc3)cs2)ccc1Cl. The van der Waals surface area contributed by atoms with Crippen molar-refractivity contribution in [3.8, 4) is 11.3 Å². The Balaban J connectivity index is 1.64. The van der Waals surface area contributed by atoms with Gasteiger partial charge in [-0.05, 0) is 30.3 Å². The summed E-state index contributed by atoms with van der Waals surface area (Å²) in [7, 11) is -4.18. The number of anilines is 2. The number of benzene rings is 3. The number of rotatable bonds is 8. The van der Waals surface area contributed by atoms with E-state index in [0.717, 1.165) is 15.6 Å². The first kappa shape index (κ1) is 24.9. The first-order chi connectivity index (χ1) is 16.8. The number of nitrogens with one attached hydrogen (secondary N) is 1. The number of nitrogens with zero attached hydrogens (tertiary/aromatic N) is 2. The largest absolute Gasteiger partial charge is 0.298 e. The summed E-state index contributed by atoms with van der Waals surface area (Å²) in [6, 6.07) is 20.2. The van der Waals surface area contributed by atoms with Crippen LogP contribution < -0.4 is 9.62 Å². The van der Waals surface area contributed by atoms with Gasteiger partial charge in [0.2, 0.25) is 0 Å². The molecule has 6 nitrogen and oxygen atoms in total. The molecule has 0 spiro atoms. The van der Waals surface area contributed by atoms with Crippen molar-refractivity contribution in [2.24, 2.45) is 0 Å². The van der Waals surface area contributed by atoms with Crippen LogP contribution in [0.25, 0.3) is 11.3 Å².